The van der Waals surface area contributed by atoms with Gasteiger partial charge in [0.1, 0.15) is 0 Å². The smallest absolute Gasteiger partial charge is 0.238 e. The molecule has 7 heteroatoms. The highest BCUT2D eigenvalue weighted by atomic mass is 32.2. The van der Waals surface area contributed by atoms with Gasteiger partial charge in [-0.3, -0.25) is 0 Å². The minimum absolute atomic E-state index is 0.00665. The Bertz CT molecular complexity index is 667. The Hall–Kier alpha value is -1.25. The first-order chi connectivity index (χ1) is 9.88. The largest absolute Gasteiger partial charge is 0.387 e. The van der Waals surface area contributed by atoms with Crippen LogP contribution >= 0.6 is 11.3 Å². The van der Waals surface area contributed by atoms with Crippen LogP contribution in [0.15, 0.2) is 46.0 Å². The van der Waals surface area contributed by atoms with Crippen LogP contribution in [0.3, 0.4) is 0 Å². The molecular formula is C14H18N2O3S2. The molecule has 1 aromatic heterocycles. The summed E-state index contributed by atoms with van der Waals surface area (Å²) in [6, 6.07) is 8.29. The number of primary sulfonamides is 1. The molecule has 2 unspecified atom stereocenters. The molecule has 0 radical (unpaired) electrons. The van der Waals surface area contributed by atoms with Gasteiger partial charge in [0.25, 0.3) is 0 Å². The van der Waals surface area contributed by atoms with E-state index in [0.717, 1.165) is 11.1 Å². The zero-order valence-corrected chi connectivity index (χ0v) is 13.2. The molecule has 0 aliphatic heterocycles. The number of thiophene rings is 1. The van der Waals surface area contributed by atoms with Gasteiger partial charge in [-0.15, -0.1) is 0 Å². The van der Waals surface area contributed by atoms with Crippen LogP contribution in [0.1, 0.15) is 30.2 Å². The SMILES string of the molecule is CC(NCC(O)c1ccsc1)c1ccc(S(N)(=O)=O)cc1. The summed E-state index contributed by atoms with van der Waals surface area (Å²) in [6.07, 6.45) is -0.553. The molecule has 0 spiro atoms. The molecule has 0 saturated carbocycles. The van der Waals surface area contributed by atoms with Crippen LogP contribution in [0, 0.1) is 0 Å². The Morgan fingerprint density at radius 1 is 1.24 bits per heavy atom. The number of sulfonamides is 1. The fourth-order valence-electron chi connectivity index (χ4n) is 1.93. The maximum Gasteiger partial charge on any atom is 0.238 e. The molecule has 0 saturated heterocycles. The Labute approximate surface area is 128 Å². The van der Waals surface area contributed by atoms with Crippen molar-refractivity contribution in [2.45, 2.75) is 24.0 Å². The number of rotatable bonds is 6. The van der Waals surface area contributed by atoms with E-state index >= 15 is 0 Å². The van der Waals surface area contributed by atoms with Crippen molar-refractivity contribution in [2.75, 3.05) is 6.54 Å². The minimum atomic E-state index is -3.66. The molecule has 1 heterocycles. The number of hydrogen-bond acceptors (Lipinski definition) is 5. The van der Waals surface area contributed by atoms with Crippen LogP contribution in [0.4, 0.5) is 0 Å². The van der Waals surface area contributed by atoms with Gasteiger partial charge in [-0.1, -0.05) is 12.1 Å². The predicted molar refractivity (Wildman–Crippen MR) is 83.5 cm³/mol. The Morgan fingerprint density at radius 3 is 2.43 bits per heavy atom. The second kappa shape index (κ2) is 6.67. The third-order valence-corrected chi connectivity index (χ3v) is 4.88. The summed E-state index contributed by atoms with van der Waals surface area (Å²) >= 11 is 1.55. The van der Waals surface area contributed by atoms with Crippen LogP contribution in [0.5, 0.6) is 0 Å². The summed E-state index contributed by atoms with van der Waals surface area (Å²) < 4.78 is 22.4. The molecule has 0 fully saturated rings. The van der Waals surface area contributed by atoms with Crippen LogP contribution in [-0.2, 0) is 10.0 Å². The third-order valence-electron chi connectivity index (χ3n) is 3.25. The number of aliphatic hydroxyl groups is 1. The van der Waals surface area contributed by atoms with Crippen LogP contribution < -0.4 is 10.5 Å². The lowest BCUT2D eigenvalue weighted by molar-refractivity contribution is 0.171. The van der Waals surface area contributed by atoms with Gasteiger partial charge < -0.3 is 10.4 Å². The predicted octanol–water partition coefficient (Wildman–Crippen LogP) is 1.78. The third kappa shape index (κ3) is 4.36. The highest BCUT2D eigenvalue weighted by molar-refractivity contribution is 7.89. The number of benzene rings is 1. The van der Waals surface area contributed by atoms with Crippen molar-refractivity contribution in [3.8, 4) is 0 Å². The molecule has 4 N–H and O–H groups in total. The van der Waals surface area contributed by atoms with Gasteiger partial charge >= 0.3 is 0 Å². The Morgan fingerprint density at radius 2 is 1.90 bits per heavy atom. The van der Waals surface area contributed by atoms with Gasteiger partial charge in [0.2, 0.25) is 10.0 Å². The zero-order chi connectivity index (χ0) is 15.5. The van der Waals surface area contributed by atoms with E-state index in [2.05, 4.69) is 5.32 Å². The highest BCUT2D eigenvalue weighted by Crippen LogP contribution is 2.18. The summed E-state index contributed by atoms with van der Waals surface area (Å²) in [6.45, 7) is 2.38. The Balaban J connectivity index is 1.96. The monoisotopic (exact) mass is 326 g/mol. The first-order valence-electron chi connectivity index (χ1n) is 6.44. The van der Waals surface area contributed by atoms with Crippen LogP contribution in [0.2, 0.25) is 0 Å². The molecule has 2 aromatic rings. The molecule has 0 aliphatic rings. The standard InChI is InChI=1S/C14H18N2O3S2/c1-10(16-8-14(17)12-6-7-20-9-12)11-2-4-13(5-3-11)21(15,18)19/h2-7,9-10,14,16-17H,8H2,1H3,(H2,15,18,19). The fraction of sp³-hybridized carbons (Fsp3) is 0.286. The van der Waals surface area contributed by atoms with Gasteiger partial charge in [-0.25, -0.2) is 13.6 Å². The lowest BCUT2D eigenvalue weighted by Gasteiger charge is -2.17. The van der Waals surface area contributed by atoms with Crippen molar-refractivity contribution in [2.24, 2.45) is 5.14 Å². The van der Waals surface area contributed by atoms with E-state index in [1.54, 1.807) is 23.5 Å². The molecule has 2 rings (SSSR count). The van der Waals surface area contributed by atoms with E-state index in [9.17, 15) is 13.5 Å². The summed E-state index contributed by atoms with van der Waals surface area (Å²) in [5, 5.41) is 22.1. The average Bonchev–Trinajstić information content (AvgIpc) is 2.98. The van der Waals surface area contributed by atoms with Crippen molar-refractivity contribution in [3.05, 3.63) is 52.2 Å². The molecule has 2 atom stereocenters. The molecule has 0 amide bonds. The van der Waals surface area contributed by atoms with Gasteiger partial charge in [0.05, 0.1) is 11.0 Å². The van der Waals surface area contributed by atoms with Gasteiger partial charge in [-0.2, -0.15) is 11.3 Å². The first-order valence-corrected chi connectivity index (χ1v) is 8.93. The minimum Gasteiger partial charge on any atom is -0.387 e. The zero-order valence-electron chi connectivity index (χ0n) is 11.6. The molecule has 1 aromatic carbocycles. The lowest BCUT2D eigenvalue weighted by Crippen LogP contribution is -2.24. The molecule has 21 heavy (non-hydrogen) atoms. The van der Waals surface area contributed by atoms with E-state index in [4.69, 9.17) is 5.14 Å². The molecule has 0 aliphatic carbocycles. The van der Waals surface area contributed by atoms with E-state index in [1.807, 2.05) is 23.8 Å². The van der Waals surface area contributed by atoms with Crippen molar-refractivity contribution in [1.82, 2.24) is 5.32 Å². The molecule has 114 valence electrons. The molecule has 5 nitrogen and oxygen atoms in total. The number of hydrogen-bond donors (Lipinski definition) is 3. The number of nitrogens with one attached hydrogen (secondary N) is 1. The molecular weight excluding hydrogens is 308 g/mol. The normalized spacial score (nSPS) is 14.8. The fourth-order valence-corrected chi connectivity index (χ4v) is 3.16. The van der Waals surface area contributed by atoms with Crippen molar-refractivity contribution >= 4 is 21.4 Å². The number of aliphatic hydroxyl groups excluding tert-OH is 1. The highest BCUT2D eigenvalue weighted by Gasteiger charge is 2.12. The lowest BCUT2D eigenvalue weighted by atomic mass is 10.1. The van der Waals surface area contributed by atoms with Crippen molar-refractivity contribution < 1.29 is 13.5 Å². The second-order valence-corrected chi connectivity index (χ2v) is 7.16. The van der Waals surface area contributed by atoms with Gasteiger partial charge in [-0.05, 0) is 47.0 Å². The Kier molecular flexibility index (Phi) is 5.13. The summed E-state index contributed by atoms with van der Waals surface area (Å²) in [7, 11) is -3.66. The average molecular weight is 326 g/mol. The second-order valence-electron chi connectivity index (χ2n) is 4.82. The van der Waals surface area contributed by atoms with E-state index in [0.29, 0.717) is 6.54 Å². The van der Waals surface area contributed by atoms with Crippen LogP contribution in [0.25, 0.3) is 0 Å². The summed E-state index contributed by atoms with van der Waals surface area (Å²) in [4.78, 5) is 0.0942. The topological polar surface area (TPSA) is 92.4 Å². The van der Waals surface area contributed by atoms with Crippen molar-refractivity contribution in [3.63, 3.8) is 0 Å². The van der Waals surface area contributed by atoms with Crippen molar-refractivity contribution in [1.29, 1.82) is 0 Å². The van der Waals surface area contributed by atoms with Gasteiger partial charge in [0.15, 0.2) is 0 Å². The maximum absolute atomic E-state index is 11.2. The van der Waals surface area contributed by atoms with E-state index < -0.39 is 16.1 Å². The van der Waals surface area contributed by atoms with Crippen LogP contribution in [-0.4, -0.2) is 20.1 Å². The molecule has 0 bridgehead atoms. The number of nitrogens with two attached hydrogens (primary N) is 1. The summed E-state index contributed by atoms with van der Waals surface area (Å²) in [5.74, 6) is 0. The quantitative estimate of drug-likeness (QED) is 0.754. The van der Waals surface area contributed by atoms with E-state index in [-0.39, 0.29) is 10.9 Å². The first kappa shape index (κ1) is 16.1. The van der Waals surface area contributed by atoms with Gasteiger partial charge in [0, 0.05) is 12.6 Å². The summed E-state index contributed by atoms with van der Waals surface area (Å²) in [5.41, 5.74) is 1.82. The van der Waals surface area contributed by atoms with E-state index in [1.165, 1.54) is 12.1 Å². The maximum atomic E-state index is 11.2.